The second-order valence-electron chi connectivity index (χ2n) is 7.23. The predicted molar refractivity (Wildman–Crippen MR) is 108 cm³/mol. The van der Waals surface area contributed by atoms with Gasteiger partial charge in [0.2, 0.25) is 5.89 Å². The molecule has 1 saturated heterocycles. The monoisotopic (exact) mass is 412 g/mol. The van der Waals surface area contributed by atoms with E-state index in [2.05, 4.69) is 15.0 Å². The van der Waals surface area contributed by atoms with Gasteiger partial charge in [0.05, 0.1) is 6.20 Å². The number of piperidine rings is 1. The molecule has 150 valence electrons. The van der Waals surface area contributed by atoms with Crippen LogP contribution in [0.25, 0.3) is 0 Å². The van der Waals surface area contributed by atoms with Crippen molar-refractivity contribution >= 4 is 17.5 Å². The van der Waals surface area contributed by atoms with Gasteiger partial charge in [-0.3, -0.25) is 4.79 Å². The number of hydrogen-bond donors (Lipinski definition) is 1. The molecule has 0 aliphatic carbocycles. The average Bonchev–Trinajstić information content (AvgIpc) is 3.17. The number of likely N-dealkylation sites (tertiary alicyclic amines) is 1. The Bertz CT molecular complexity index is 1070. The van der Waals surface area contributed by atoms with Crippen molar-refractivity contribution in [2.24, 2.45) is 0 Å². The molecule has 1 N–H and O–H groups in total. The van der Waals surface area contributed by atoms with Crippen molar-refractivity contribution in [2.75, 3.05) is 6.54 Å². The molecule has 1 atom stereocenters. The summed E-state index contributed by atoms with van der Waals surface area (Å²) in [6.07, 6.45) is 4.93. The summed E-state index contributed by atoms with van der Waals surface area (Å²) in [5.41, 5.74) is 1.29. The van der Waals surface area contributed by atoms with Crippen molar-refractivity contribution in [1.82, 2.24) is 19.9 Å². The number of carbonyl (C=O) groups excluding carboxylic acids is 1. The molecule has 4 rings (SSSR count). The minimum absolute atomic E-state index is 0.145. The van der Waals surface area contributed by atoms with Crippen LogP contribution >= 0.6 is 11.6 Å². The molecule has 0 spiro atoms. The fraction of sp³-hybridized carbons (Fsp3) is 0.333. The van der Waals surface area contributed by atoms with Gasteiger partial charge in [0.15, 0.2) is 0 Å². The fourth-order valence-electron chi connectivity index (χ4n) is 3.63. The third-order valence-electron chi connectivity index (χ3n) is 5.01. The number of aryl methyl sites for hydroxylation is 1. The van der Waals surface area contributed by atoms with Crippen LogP contribution < -0.4 is 5.69 Å². The fourth-order valence-corrected chi connectivity index (χ4v) is 3.76. The summed E-state index contributed by atoms with van der Waals surface area (Å²) in [5.74, 6) is 0.968. The first-order valence-electron chi connectivity index (χ1n) is 9.57. The van der Waals surface area contributed by atoms with Gasteiger partial charge in [0.25, 0.3) is 5.91 Å². The molecule has 0 saturated carbocycles. The first kappa shape index (κ1) is 19.4. The van der Waals surface area contributed by atoms with Crippen molar-refractivity contribution < 1.29 is 9.21 Å². The molecule has 1 amide bonds. The number of aromatic amines is 1. The van der Waals surface area contributed by atoms with E-state index in [0.717, 1.165) is 30.6 Å². The molecule has 8 heteroatoms. The first-order valence-corrected chi connectivity index (χ1v) is 9.95. The first-order chi connectivity index (χ1) is 14.0. The summed E-state index contributed by atoms with van der Waals surface area (Å²) in [5, 5.41) is 0.687. The minimum Gasteiger partial charge on any atom is -0.443 e. The standard InChI is InChI=1S/C21H21ClN4O3/c1-13-10-17(25-21(28)24-13)20(27)26-9-3-2-4-18(26)19-23-12-16(29-19)11-14-5-7-15(22)8-6-14/h5-8,10,12,18H,2-4,9,11H2,1H3,(H,24,25,28)/t18-/m1/s1. The maximum absolute atomic E-state index is 13.0. The Hall–Kier alpha value is -2.93. The normalized spacial score (nSPS) is 16.8. The number of H-pyrrole nitrogens is 1. The largest absolute Gasteiger partial charge is 0.443 e. The summed E-state index contributed by atoms with van der Waals surface area (Å²) < 4.78 is 5.99. The Labute approximate surface area is 172 Å². The number of hydrogen-bond acceptors (Lipinski definition) is 5. The third kappa shape index (κ3) is 4.40. The van der Waals surface area contributed by atoms with E-state index in [4.69, 9.17) is 16.0 Å². The SMILES string of the molecule is Cc1cc(C(=O)N2CCCC[C@@H]2c2ncc(Cc3ccc(Cl)cc3)o2)nc(=O)[nH]1. The number of rotatable bonds is 4. The number of amides is 1. The smallest absolute Gasteiger partial charge is 0.345 e. The molecule has 7 nitrogen and oxygen atoms in total. The molecule has 1 aliphatic rings. The summed E-state index contributed by atoms with van der Waals surface area (Å²) >= 11 is 5.94. The van der Waals surface area contributed by atoms with Crippen molar-refractivity contribution in [1.29, 1.82) is 0 Å². The highest BCUT2D eigenvalue weighted by molar-refractivity contribution is 6.30. The molecule has 3 aromatic rings. The molecule has 0 radical (unpaired) electrons. The second-order valence-corrected chi connectivity index (χ2v) is 7.67. The Kier molecular flexibility index (Phi) is 5.49. The van der Waals surface area contributed by atoms with Gasteiger partial charge in [-0.15, -0.1) is 0 Å². The molecule has 0 unspecified atom stereocenters. The minimum atomic E-state index is -0.525. The number of nitrogens with one attached hydrogen (secondary N) is 1. The molecule has 29 heavy (non-hydrogen) atoms. The molecular weight excluding hydrogens is 392 g/mol. The Morgan fingerprint density at radius 3 is 2.86 bits per heavy atom. The van der Waals surface area contributed by atoms with Gasteiger partial charge in [0, 0.05) is 23.7 Å². The number of nitrogens with zero attached hydrogens (tertiary/aromatic N) is 3. The van der Waals surface area contributed by atoms with Crippen LogP contribution in [-0.4, -0.2) is 32.3 Å². The number of benzene rings is 1. The van der Waals surface area contributed by atoms with Crippen molar-refractivity contribution in [3.63, 3.8) is 0 Å². The van der Waals surface area contributed by atoms with Crippen molar-refractivity contribution in [3.05, 3.63) is 80.6 Å². The summed E-state index contributed by atoms with van der Waals surface area (Å²) in [4.78, 5) is 37.3. The lowest BCUT2D eigenvalue weighted by atomic mass is 10.0. The zero-order chi connectivity index (χ0) is 20.4. The maximum atomic E-state index is 13.0. The molecule has 3 heterocycles. The quantitative estimate of drug-likeness (QED) is 0.705. The predicted octanol–water partition coefficient (Wildman–Crippen LogP) is 3.68. The zero-order valence-corrected chi connectivity index (χ0v) is 16.8. The van der Waals surface area contributed by atoms with Crippen LogP contribution in [0.15, 0.2) is 45.7 Å². The molecule has 1 aliphatic heterocycles. The molecule has 1 fully saturated rings. The van der Waals surface area contributed by atoms with Gasteiger partial charge in [-0.25, -0.2) is 9.78 Å². The van der Waals surface area contributed by atoms with Gasteiger partial charge >= 0.3 is 5.69 Å². The highest BCUT2D eigenvalue weighted by Crippen LogP contribution is 2.32. The molecular formula is C21H21ClN4O3. The van der Waals surface area contributed by atoms with Gasteiger partial charge in [0.1, 0.15) is 17.5 Å². The van der Waals surface area contributed by atoms with E-state index in [1.807, 2.05) is 24.3 Å². The van der Waals surface area contributed by atoms with Gasteiger partial charge < -0.3 is 14.3 Å². The topological polar surface area (TPSA) is 92.1 Å². The molecule has 0 bridgehead atoms. The second kappa shape index (κ2) is 8.21. The van der Waals surface area contributed by atoms with E-state index in [0.29, 0.717) is 29.6 Å². The lowest BCUT2D eigenvalue weighted by Gasteiger charge is -2.33. The number of oxazole rings is 1. The lowest BCUT2D eigenvalue weighted by molar-refractivity contribution is 0.0563. The van der Waals surface area contributed by atoms with Crippen LogP contribution in [0.3, 0.4) is 0 Å². The maximum Gasteiger partial charge on any atom is 0.345 e. The van der Waals surface area contributed by atoms with Crippen LogP contribution in [0.1, 0.15) is 58.7 Å². The van der Waals surface area contributed by atoms with E-state index in [-0.39, 0.29) is 17.6 Å². The summed E-state index contributed by atoms with van der Waals surface area (Å²) in [7, 11) is 0. The van der Waals surface area contributed by atoms with Crippen molar-refractivity contribution in [2.45, 2.75) is 38.6 Å². The lowest BCUT2D eigenvalue weighted by Crippen LogP contribution is -2.39. The van der Waals surface area contributed by atoms with E-state index in [1.165, 1.54) is 0 Å². The summed E-state index contributed by atoms with van der Waals surface area (Å²) in [6.45, 7) is 2.30. The van der Waals surface area contributed by atoms with E-state index < -0.39 is 5.69 Å². The van der Waals surface area contributed by atoms with Crippen LogP contribution in [0.2, 0.25) is 5.02 Å². The van der Waals surface area contributed by atoms with Gasteiger partial charge in [-0.1, -0.05) is 23.7 Å². The number of halogens is 1. The van der Waals surface area contributed by atoms with Crippen LogP contribution in [0.5, 0.6) is 0 Å². The highest BCUT2D eigenvalue weighted by atomic mass is 35.5. The van der Waals surface area contributed by atoms with Crippen LogP contribution in [-0.2, 0) is 6.42 Å². The Morgan fingerprint density at radius 1 is 1.31 bits per heavy atom. The van der Waals surface area contributed by atoms with Gasteiger partial charge in [-0.2, -0.15) is 4.98 Å². The van der Waals surface area contributed by atoms with E-state index in [9.17, 15) is 9.59 Å². The van der Waals surface area contributed by atoms with Crippen LogP contribution in [0, 0.1) is 6.92 Å². The van der Waals surface area contributed by atoms with Crippen molar-refractivity contribution in [3.8, 4) is 0 Å². The number of carbonyl (C=O) groups is 1. The average molecular weight is 413 g/mol. The van der Waals surface area contributed by atoms with Crippen LogP contribution in [0.4, 0.5) is 0 Å². The van der Waals surface area contributed by atoms with Gasteiger partial charge in [-0.05, 0) is 49.9 Å². The molecule has 1 aromatic carbocycles. The summed E-state index contributed by atoms with van der Waals surface area (Å²) in [6, 6.07) is 8.90. The Morgan fingerprint density at radius 2 is 2.10 bits per heavy atom. The highest BCUT2D eigenvalue weighted by Gasteiger charge is 2.32. The zero-order valence-electron chi connectivity index (χ0n) is 16.0. The molecule has 2 aromatic heterocycles. The third-order valence-corrected chi connectivity index (χ3v) is 5.26. The van der Waals surface area contributed by atoms with E-state index >= 15 is 0 Å². The number of aromatic nitrogens is 3. The van der Waals surface area contributed by atoms with E-state index in [1.54, 1.807) is 24.1 Å². The Balaban J connectivity index is 1.56.